The molecule has 0 aliphatic carbocycles. The maximum atomic E-state index is 10.3. The molecule has 0 bridgehead atoms. The third kappa shape index (κ3) is 2.43. The molecule has 6 heteroatoms. The van der Waals surface area contributed by atoms with Gasteiger partial charge in [0.1, 0.15) is 11.3 Å². The SMILES string of the molecule is CC(C)(O)c1ccnc(B2OC(C)(C)C(C)(C)O2)c1O. The van der Waals surface area contributed by atoms with Gasteiger partial charge in [0, 0.05) is 11.8 Å². The fourth-order valence-electron chi connectivity index (χ4n) is 2.09. The van der Waals surface area contributed by atoms with Crippen LogP contribution in [0.2, 0.25) is 0 Å². The number of hydrogen-bond donors (Lipinski definition) is 2. The van der Waals surface area contributed by atoms with Crippen molar-refractivity contribution in [3.05, 3.63) is 17.8 Å². The Kier molecular flexibility index (Phi) is 3.40. The average Bonchev–Trinajstić information content (AvgIpc) is 2.46. The summed E-state index contributed by atoms with van der Waals surface area (Å²) < 4.78 is 11.7. The molecule has 0 aromatic carbocycles. The van der Waals surface area contributed by atoms with Crippen LogP contribution < -0.4 is 5.59 Å². The lowest BCUT2D eigenvalue weighted by molar-refractivity contribution is 0.00578. The van der Waals surface area contributed by atoms with Gasteiger partial charge >= 0.3 is 7.12 Å². The predicted octanol–water partition coefficient (Wildman–Crippen LogP) is 1.31. The molecule has 1 aromatic rings. The van der Waals surface area contributed by atoms with Gasteiger partial charge in [0.25, 0.3) is 0 Å². The van der Waals surface area contributed by atoms with Crippen molar-refractivity contribution in [2.24, 2.45) is 0 Å². The summed E-state index contributed by atoms with van der Waals surface area (Å²) in [5, 5.41) is 20.4. The zero-order valence-electron chi connectivity index (χ0n) is 12.9. The first-order valence-electron chi connectivity index (χ1n) is 6.72. The lowest BCUT2D eigenvalue weighted by Crippen LogP contribution is -2.41. The third-order valence-electron chi connectivity index (χ3n) is 4.09. The van der Waals surface area contributed by atoms with Crippen molar-refractivity contribution in [2.75, 3.05) is 0 Å². The normalized spacial score (nSPS) is 21.2. The van der Waals surface area contributed by atoms with Crippen LogP contribution in [0, 0.1) is 0 Å². The Balaban J connectivity index is 2.42. The zero-order chi connectivity index (χ0) is 15.3. The first-order chi connectivity index (χ1) is 8.96. The van der Waals surface area contributed by atoms with E-state index in [1.54, 1.807) is 19.9 Å². The van der Waals surface area contributed by atoms with Crippen molar-refractivity contribution in [3.8, 4) is 5.75 Å². The van der Waals surface area contributed by atoms with Crippen molar-refractivity contribution in [1.29, 1.82) is 0 Å². The summed E-state index contributed by atoms with van der Waals surface area (Å²) in [6.07, 6.45) is 1.54. The van der Waals surface area contributed by atoms with Crippen LogP contribution >= 0.6 is 0 Å². The van der Waals surface area contributed by atoms with Crippen molar-refractivity contribution >= 4 is 12.7 Å². The molecule has 20 heavy (non-hydrogen) atoms. The quantitative estimate of drug-likeness (QED) is 0.799. The van der Waals surface area contributed by atoms with Crippen molar-refractivity contribution in [3.63, 3.8) is 0 Å². The monoisotopic (exact) mass is 279 g/mol. The van der Waals surface area contributed by atoms with E-state index in [2.05, 4.69) is 4.98 Å². The Morgan fingerprint density at radius 3 is 2.10 bits per heavy atom. The molecule has 1 aliphatic rings. The van der Waals surface area contributed by atoms with E-state index < -0.39 is 23.9 Å². The standard InChI is InChI=1S/C14H22BNO4/c1-12(2,18)9-7-8-16-11(10(9)17)15-19-13(3,4)14(5,6)20-15/h7-8,17-18H,1-6H3. The van der Waals surface area contributed by atoms with Crippen LogP contribution in [0.3, 0.4) is 0 Å². The van der Waals surface area contributed by atoms with Gasteiger partial charge in [-0.15, -0.1) is 0 Å². The number of aromatic nitrogens is 1. The number of aliphatic hydroxyl groups is 1. The van der Waals surface area contributed by atoms with Crippen LogP contribution in [0.5, 0.6) is 5.75 Å². The fraction of sp³-hybridized carbons (Fsp3) is 0.643. The summed E-state index contributed by atoms with van der Waals surface area (Å²) in [5.74, 6) is -0.0847. The molecular weight excluding hydrogens is 257 g/mol. The van der Waals surface area contributed by atoms with Gasteiger partial charge in [0.15, 0.2) is 0 Å². The molecule has 0 atom stereocenters. The predicted molar refractivity (Wildman–Crippen MR) is 76.9 cm³/mol. The molecule has 0 radical (unpaired) electrons. The molecule has 110 valence electrons. The number of pyridine rings is 1. The second-order valence-corrected chi connectivity index (χ2v) is 6.74. The molecule has 0 amide bonds. The summed E-state index contributed by atoms with van der Waals surface area (Å²) in [5.41, 5.74) is -1.47. The second kappa shape index (κ2) is 4.45. The summed E-state index contributed by atoms with van der Waals surface area (Å²) in [6, 6.07) is 1.59. The highest BCUT2D eigenvalue weighted by Gasteiger charge is 2.53. The van der Waals surface area contributed by atoms with Crippen LogP contribution in [-0.4, -0.2) is 33.5 Å². The van der Waals surface area contributed by atoms with E-state index in [0.717, 1.165) is 0 Å². The Morgan fingerprint density at radius 2 is 1.65 bits per heavy atom. The molecule has 2 N–H and O–H groups in total. The van der Waals surface area contributed by atoms with E-state index in [4.69, 9.17) is 9.31 Å². The van der Waals surface area contributed by atoms with Gasteiger partial charge in [-0.3, -0.25) is 4.98 Å². The zero-order valence-corrected chi connectivity index (χ0v) is 12.9. The summed E-state index contributed by atoms with van der Waals surface area (Å²) in [6.45, 7) is 11.0. The maximum Gasteiger partial charge on any atom is 0.518 e. The lowest BCUT2D eigenvalue weighted by Gasteiger charge is -2.32. The Labute approximate surface area is 120 Å². The number of nitrogens with zero attached hydrogens (tertiary/aromatic N) is 1. The largest absolute Gasteiger partial charge is 0.518 e. The van der Waals surface area contributed by atoms with Crippen molar-refractivity contribution in [2.45, 2.75) is 58.3 Å². The molecule has 2 heterocycles. The van der Waals surface area contributed by atoms with Crippen LogP contribution in [0.1, 0.15) is 47.1 Å². The van der Waals surface area contributed by atoms with Crippen LogP contribution in [0.4, 0.5) is 0 Å². The smallest absolute Gasteiger partial charge is 0.506 e. The minimum Gasteiger partial charge on any atom is -0.506 e. The van der Waals surface area contributed by atoms with Gasteiger partial charge in [0.05, 0.1) is 16.8 Å². The molecule has 2 rings (SSSR count). The Bertz CT molecular complexity index is 506. The molecule has 0 unspecified atom stereocenters. The van der Waals surface area contributed by atoms with Gasteiger partial charge in [-0.25, -0.2) is 0 Å². The molecule has 1 saturated heterocycles. The van der Waals surface area contributed by atoms with Crippen LogP contribution in [0.25, 0.3) is 0 Å². The minimum atomic E-state index is -1.16. The molecule has 1 fully saturated rings. The Morgan fingerprint density at radius 1 is 1.15 bits per heavy atom. The summed E-state index contributed by atoms with van der Waals surface area (Å²) in [4.78, 5) is 4.15. The topological polar surface area (TPSA) is 71.8 Å². The highest BCUT2D eigenvalue weighted by Crippen LogP contribution is 2.37. The molecule has 5 nitrogen and oxygen atoms in total. The van der Waals surface area contributed by atoms with Gasteiger partial charge in [-0.2, -0.15) is 0 Å². The summed E-state index contributed by atoms with van der Waals surface area (Å²) in [7, 11) is -0.748. The van der Waals surface area contributed by atoms with Crippen LogP contribution in [0.15, 0.2) is 12.3 Å². The van der Waals surface area contributed by atoms with Crippen molar-refractivity contribution < 1.29 is 19.5 Å². The highest BCUT2D eigenvalue weighted by atomic mass is 16.7. The molecular formula is C14H22BNO4. The van der Waals surface area contributed by atoms with Gasteiger partial charge in [-0.1, -0.05) is 0 Å². The first kappa shape index (κ1) is 15.3. The van der Waals surface area contributed by atoms with Crippen LogP contribution in [-0.2, 0) is 14.9 Å². The molecule has 0 spiro atoms. The maximum absolute atomic E-state index is 10.3. The van der Waals surface area contributed by atoms with Gasteiger partial charge in [-0.05, 0) is 47.6 Å². The number of rotatable bonds is 2. The fourth-order valence-corrected chi connectivity index (χ4v) is 2.09. The molecule has 0 saturated carbocycles. The van der Waals surface area contributed by atoms with Gasteiger partial charge in [0.2, 0.25) is 0 Å². The van der Waals surface area contributed by atoms with E-state index in [9.17, 15) is 10.2 Å². The highest BCUT2D eigenvalue weighted by molar-refractivity contribution is 6.62. The molecule has 1 aromatic heterocycles. The van der Waals surface area contributed by atoms with E-state index in [0.29, 0.717) is 11.2 Å². The first-order valence-corrected chi connectivity index (χ1v) is 6.72. The van der Waals surface area contributed by atoms with E-state index in [-0.39, 0.29) is 5.75 Å². The van der Waals surface area contributed by atoms with Crippen molar-refractivity contribution in [1.82, 2.24) is 4.98 Å². The number of aromatic hydroxyl groups is 1. The van der Waals surface area contributed by atoms with E-state index >= 15 is 0 Å². The van der Waals surface area contributed by atoms with E-state index in [1.807, 2.05) is 27.7 Å². The van der Waals surface area contributed by atoms with Gasteiger partial charge < -0.3 is 19.5 Å². The Hall–Kier alpha value is -1.11. The third-order valence-corrected chi connectivity index (χ3v) is 4.09. The molecule has 1 aliphatic heterocycles. The van der Waals surface area contributed by atoms with E-state index in [1.165, 1.54) is 6.20 Å². The average molecular weight is 279 g/mol. The minimum absolute atomic E-state index is 0.0847. The number of hydrogen-bond acceptors (Lipinski definition) is 5. The summed E-state index contributed by atoms with van der Waals surface area (Å²) >= 11 is 0. The second-order valence-electron chi connectivity index (χ2n) is 6.74. The lowest BCUT2D eigenvalue weighted by atomic mass is 9.81.